The summed E-state index contributed by atoms with van der Waals surface area (Å²) in [5.74, 6) is 1.37. The molecule has 3 rings (SSSR count). The van der Waals surface area contributed by atoms with Gasteiger partial charge < -0.3 is 26.6 Å². The lowest BCUT2D eigenvalue weighted by atomic mass is 10.2. The maximum atomic E-state index is 8.50. The van der Waals surface area contributed by atoms with E-state index in [1.165, 1.54) is 6.42 Å². The number of hydrogen-bond donors (Lipinski definition) is 4. The SMILES string of the molecule is COc1ccc(CN)cc1Cl.NCc1ncccn1.OCC1CCCN1. The Labute approximate surface area is 159 Å². The van der Waals surface area contributed by atoms with E-state index in [-0.39, 0.29) is 0 Å². The van der Waals surface area contributed by atoms with Crippen molar-refractivity contribution in [2.45, 2.75) is 32.0 Å². The maximum Gasteiger partial charge on any atom is 0.141 e. The van der Waals surface area contributed by atoms with Crippen molar-refractivity contribution >= 4 is 11.6 Å². The molecule has 6 N–H and O–H groups in total. The average Bonchev–Trinajstić information content (AvgIpc) is 3.23. The van der Waals surface area contributed by atoms with E-state index in [4.69, 9.17) is 32.9 Å². The molecule has 2 aromatic rings. The number of benzene rings is 1. The van der Waals surface area contributed by atoms with E-state index in [1.807, 2.05) is 12.1 Å². The summed E-state index contributed by atoms with van der Waals surface area (Å²) in [6.45, 7) is 2.32. The molecule has 1 aliphatic rings. The van der Waals surface area contributed by atoms with Gasteiger partial charge in [0.2, 0.25) is 0 Å². The summed E-state index contributed by atoms with van der Waals surface area (Å²) >= 11 is 5.83. The topological polar surface area (TPSA) is 119 Å². The number of nitrogens with zero attached hydrogens (tertiary/aromatic N) is 2. The summed E-state index contributed by atoms with van der Waals surface area (Å²) in [6, 6.07) is 7.68. The van der Waals surface area contributed by atoms with Crippen molar-refractivity contribution in [1.82, 2.24) is 15.3 Å². The summed E-state index contributed by atoms with van der Waals surface area (Å²) in [5, 5.41) is 12.3. The molecule has 1 aliphatic heterocycles. The number of nitrogens with two attached hydrogens (primary N) is 2. The van der Waals surface area contributed by atoms with Crippen molar-refractivity contribution in [2.75, 3.05) is 20.3 Å². The van der Waals surface area contributed by atoms with Gasteiger partial charge in [-0.05, 0) is 43.1 Å². The smallest absolute Gasteiger partial charge is 0.141 e. The average molecular weight is 382 g/mol. The van der Waals surface area contributed by atoms with Gasteiger partial charge in [-0.15, -0.1) is 0 Å². The van der Waals surface area contributed by atoms with Crippen LogP contribution in [0.2, 0.25) is 5.02 Å². The fraction of sp³-hybridized carbons (Fsp3) is 0.444. The molecule has 0 radical (unpaired) electrons. The van der Waals surface area contributed by atoms with Gasteiger partial charge in [-0.25, -0.2) is 9.97 Å². The monoisotopic (exact) mass is 381 g/mol. The second-order valence-electron chi connectivity index (χ2n) is 5.52. The van der Waals surface area contributed by atoms with E-state index in [0.717, 1.165) is 18.5 Å². The van der Waals surface area contributed by atoms with Crippen molar-refractivity contribution in [1.29, 1.82) is 0 Å². The van der Waals surface area contributed by atoms with Crippen LogP contribution in [0.15, 0.2) is 36.7 Å². The Bertz CT molecular complexity index is 610. The van der Waals surface area contributed by atoms with Crippen molar-refractivity contribution in [3.05, 3.63) is 53.1 Å². The fourth-order valence-electron chi connectivity index (χ4n) is 2.18. The Morgan fingerprint density at radius 1 is 1.27 bits per heavy atom. The first kappa shape index (κ1) is 22.3. The molecule has 1 unspecified atom stereocenters. The van der Waals surface area contributed by atoms with Crippen LogP contribution in [-0.2, 0) is 13.1 Å². The highest BCUT2D eigenvalue weighted by Crippen LogP contribution is 2.24. The normalized spacial score (nSPS) is 15.3. The van der Waals surface area contributed by atoms with Gasteiger partial charge in [0.15, 0.2) is 0 Å². The zero-order valence-corrected chi connectivity index (χ0v) is 15.8. The Morgan fingerprint density at radius 2 is 2.00 bits per heavy atom. The first-order chi connectivity index (χ1) is 12.6. The molecule has 7 nitrogen and oxygen atoms in total. The molecular formula is C18H28ClN5O2. The standard InChI is InChI=1S/C8H10ClNO.C5H7N3.C5H11NO/c1-11-8-3-2-6(5-10)4-7(8)9;6-4-5-7-2-1-3-8-5;7-4-5-2-1-3-6-5/h2-4H,5,10H2,1H3;1-3H,4,6H2;5-7H,1-4H2. The van der Waals surface area contributed by atoms with Gasteiger partial charge in [0.1, 0.15) is 11.6 Å². The zero-order chi connectivity index (χ0) is 19.2. The molecule has 8 heteroatoms. The highest BCUT2D eigenvalue weighted by Gasteiger charge is 2.10. The Hall–Kier alpha value is -1.77. The molecule has 0 saturated carbocycles. The van der Waals surface area contributed by atoms with Crippen molar-refractivity contribution < 1.29 is 9.84 Å². The molecule has 1 atom stereocenters. The molecule has 1 saturated heterocycles. The molecule has 1 aromatic heterocycles. The number of aliphatic hydroxyl groups excluding tert-OH is 1. The molecule has 144 valence electrons. The number of ether oxygens (including phenoxy) is 1. The van der Waals surface area contributed by atoms with Crippen LogP contribution in [0.3, 0.4) is 0 Å². The maximum absolute atomic E-state index is 8.50. The molecular weight excluding hydrogens is 354 g/mol. The summed E-state index contributed by atoms with van der Waals surface area (Å²) < 4.78 is 4.97. The quantitative estimate of drug-likeness (QED) is 0.633. The lowest BCUT2D eigenvalue weighted by Gasteiger charge is -2.03. The molecule has 1 fully saturated rings. The van der Waals surface area contributed by atoms with Gasteiger partial charge in [0, 0.05) is 25.0 Å². The van der Waals surface area contributed by atoms with E-state index >= 15 is 0 Å². The first-order valence-corrected chi connectivity index (χ1v) is 8.85. The third-order valence-corrected chi connectivity index (χ3v) is 3.93. The predicted octanol–water partition coefficient (Wildman–Crippen LogP) is 1.47. The van der Waals surface area contributed by atoms with Crippen LogP contribution >= 0.6 is 11.6 Å². The van der Waals surface area contributed by atoms with Gasteiger partial charge in [-0.2, -0.15) is 0 Å². The van der Waals surface area contributed by atoms with Crippen LogP contribution in [0.25, 0.3) is 0 Å². The number of hydrogen-bond acceptors (Lipinski definition) is 7. The number of nitrogens with one attached hydrogen (secondary N) is 1. The highest BCUT2D eigenvalue weighted by atomic mass is 35.5. The second-order valence-corrected chi connectivity index (χ2v) is 5.93. The van der Waals surface area contributed by atoms with Crippen LogP contribution in [-0.4, -0.2) is 41.4 Å². The van der Waals surface area contributed by atoms with Crippen LogP contribution in [0.1, 0.15) is 24.2 Å². The molecule has 0 aliphatic carbocycles. The van der Waals surface area contributed by atoms with Gasteiger partial charge in [0.25, 0.3) is 0 Å². The molecule has 26 heavy (non-hydrogen) atoms. The van der Waals surface area contributed by atoms with Crippen LogP contribution in [0.5, 0.6) is 5.75 Å². The van der Waals surface area contributed by atoms with E-state index in [2.05, 4.69) is 15.3 Å². The number of rotatable bonds is 4. The van der Waals surface area contributed by atoms with Crippen molar-refractivity contribution in [2.24, 2.45) is 11.5 Å². The molecule has 0 amide bonds. The van der Waals surface area contributed by atoms with Crippen LogP contribution in [0, 0.1) is 0 Å². The molecule has 2 heterocycles. The summed E-state index contributed by atoms with van der Waals surface area (Å²) in [5.41, 5.74) is 11.6. The number of halogens is 1. The molecule has 0 spiro atoms. The Morgan fingerprint density at radius 3 is 2.38 bits per heavy atom. The van der Waals surface area contributed by atoms with Crippen molar-refractivity contribution in [3.63, 3.8) is 0 Å². The minimum absolute atomic E-state index is 0.306. The second kappa shape index (κ2) is 13.4. The predicted molar refractivity (Wildman–Crippen MR) is 104 cm³/mol. The van der Waals surface area contributed by atoms with Gasteiger partial charge in [-0.3, -0.25) is 0 Å². The van der Waals surface area contributed by atoms with Gasteiger partial charge in [-0.1, -0.05) is 17.7 Å². The van der Waals surface area contributed by atoms with E-state index < -0.39 is 0 Å². The summed E-state index contributed by atoms with van der Waals surface area (Å²) in [6.07, 6.45) is 5.73. The van der Waals surface area contributed by atoms with E-state index in [1.54, 1.807) is 31.6 Å². The van der Waals surface area contributed by atoms with Crippen molar-refractivity contribution in [3.8, 4) is 5.75 Å². The summed E-state index contributed by atoms with van der Waals surface area (Å²) in [4.78, 5) is 7.72. The van der Waals surface area contributed by atoms with Crippen LogP contribution in [0.4, 0.5) is 0 Å². The largest absolute Gasteiger partial charge is 0.495 e. The zero-order valence-electron chi connectivity index (χ0n) is 15.1. The van der Waals surface area contributed by atoms with Crippen LogP contribution < -0.4 is 21.5 Å². The Kier molecular flexibility index (Phi) is 11.5. The third-order valence-electron chi connectivity index (χ3n) is 3.64. The number of aromatic nitrogens is 2. The lowest BCUT2D eigenvalue weighted by Crippen LogP contribution is -2.24. The first-order valence-electron chi connectivity index (χ1n) is 8.47. The third kappa shape index (κ3) is 8.55. The minimum Gasteiger partial charge on any atom is -0.495 e. The van der Waals surface area contributed by atoms with E-state index in [0.29, 0.717) is 42.3 Å². The summed E-state index contributed by atoms with van der Waals surface area (Å²) in [7, 11) is 1.59. The Balaban J connectivity index is 0.000000201. The van der Waals surface area contributed by atoms with Gasteiger partial charge >= 0.3 is 0 Å². The number of methoxy groups -OCH3 is 1. The number of aliphatic hydroxyl groups is 1. The lowest BCUT2D eigenvalue weighted by molar-refractivity contribution is 0.255. The minimum atomic E-state index is 0.306. The molecule has 0 bridgehead atoms. The van der Waals surface area contributed by atoms with E-state index in [9.17, 15) is 0 Å². The fourth-order valence-corrected chi connectivity index (χ4v) is 2.47. The molecule has 1 aromatic carbocycles. The van der Waals surface area contributed by atoms with Gasteiger partial charge in [0.05, 0.1) is 25.3 Å². The highest BCUT2D eigenvalue weighted by molar-refractivity contribution is 6.32.